The van der Waals surface area contributed by atoms with Gasteiger partial charge >= 0.3 is 0 Å². The predicted molar refractivity (Wildman–Crippen MR) is 92.3 cm³/mol. The van der Waals surface area contributed by atoms with Crippen molar-refractivity contribution in [1.82, 2.24) is 15.2 Å². The molecule has 1 amide bonds. The van der Waals surface area contributed by atoms with Crippen molar-refractivity contribution in [3.63, 3.8) is 0 Å². The van der Waals surface area contributed by atoms with Crippen LogP contribution in [0.15, 0.2) is 39.4 Å². The molecule has 2 aliphatic heterocycles. The molecule has 2 aliphatic rings. The molecule has 27 heavy (non-hydrogen) atoms. The van der Waals surface area contributed by atoms with Gasteiger partial charge in [-0.25, -0.2) is 0 Å². The van der Waals surface area contributed by atoms with E-state index in [1.807, 2.05) is 31.2 Å². The van der Waals surface area contributed by atoms with Gasteiger partial charge in [0.15, 0.2) is 28.7 Å². The van der Waals surface area contributed by atoms with Crippen LogP contribution >= 0.6 is 0 Å². The van der Waals surface area contributed by atoms with Gasteiger partial charge in [0.1, 0.15) is 0 Å². The Morgan fingerprint density at radius 2 is 2.00 bits per heavy atom. The molecule has 3 aromatic rings. The van der Waals surface area contributed by atoms with Crippen molar-refractivity contribution >= 4 is 5.91 Å². The Kier molecular flexibility index (Phi) is 3.63. The van der Waals surface area contributed by atoms with Crippen molar-refractivity contribution < 1.29 is 23.3 Å². The van der Waals surface area contributed by atoms with Crippen LogP contribution < -0.4 is 9.47 Å². The first-order valence-electron chi connectivity index (χ1n) is 8.80. The van der Waals surface area contributed by atoms with E-state index in [0.717, 1.165) is 24.1 Å². The topological polar surface area (TPSA) is 90.8 Å². The Balaban J connectivity index is 1.40. The van der Waals surface area contributed by atoms with E-state index in [2.05, 4.69) is 10.3 Å². The first-order valence-corrected chi connectivity index (χ1v) is 8.80. The lowest BCUT2D eigenvalue weighted by Crippen LogP contribution is -2.30. The smallest absolute Gasteiger partial charge is 0.276 e. The average Bonchev–Trinajstić information content (AvgIpc) is 3.45. The zero-order valence-corrected chi connectivity index (χ0v) is 14.7. The summed E-state index contributed by atoms with van der Waals surface area (Å²) in [6.07, 6.45) is 1.75. The normalized spacial score (nSPS) is 18.3. The molecule has 1 aromatic carbocycles. The third-order valence-corrected chi connectivity index (χ3v) is 4.87. The summed E-state index contributed by atoms with van der Waals surface area (Å²) in [4.78, 5) is 14.7. The maximum Gasteiger partial charge on any atom is 0.276 e. The molecule has 4 heterocycles. The van der Waals surface area contributed by atoms with Gasteiger partial charge < -0.3 is 23.4 Å². The number of carbonyl (C=O) groups is 1. The highest BCUT2D eigenvalue weighted by Crippen LogP contribution is 2.37. The number of aryl methyl sites for hydroxylation is 1. The number of aromatic nitrogens is 2. The van der Waals surface area contributed by atoms with Crippen molar-refractivity contribution in [3.8, 4) is 22.8 Å². The average molecular weight is 367 g/mol. The van der Waals surface area contributed by atoms with Gasteiger partial charge in [-0.05, 0) is 38.0 Å². The van der Waals surface area contributed by atoms with E-state index < -0.39 is 0 Å². The van der Waals surface area contributed by atoms with Gasteiger partial charge in [0.05, 0.1) is 11.7 Å². The van der Waals surface area contributed by atoms with Crippen LogP contribution in [0, 0.1) is 6.92 Å². The number of amides is 1. The Morgan fingerprint density at radius 1 is 1.11 bits per heavy atom. The second kappa shape index (κ2) is 6.15. The highest BCUT2D eigenvalue weighted by Gasteiger charge is 2.34. The maximum atomic E-state index is 13.0. The van der Waals surface area contributed by atoms with Crippen LogP contribution in [0.3, 0.4) is 0 Å². The summed E-state index contributed by atoms with van der Waals surface area (Å²) in [7, 11) is 0. The molecule has 0 radical (unpaired) electrons. The van der Waals surface area contributed by atoms with Crippen molar-refractivity contribution in [2.45, 2.75) is 25.8 Å². The molecule has 1 fully saturated rings. The molecule has 0 bridgehead atoms. The fourth-order valence-corrected chi connectivity index (χ4v) is 3.55. The summed E-state index contributed by atoms with van der Waals surface area (Å²) in [6, 6.07) is 8.87. The van der Waals surface area contributed by atoms with Crippen LogP contribution in [0.5, 0.6) is 11.5 Å². The molecule has 0 N–H and O–H groups in total. The number of ether oxygens (including phenoxy) is 2. The second-order valence-corrected chi connectivity index (χ2v) is 6.67. The van der Waals surface area contributed by atoms with E-state index >= 15 is 0 Å². The molecular weight excluding hydrogens is 350 g/mol. The number of hydrogen-bond donors (Lipinski definition) is 0. The molecule has 8 nitrogen and oxygen atoms in total. The number of nitrogens with zero attached hydrogens (tertiary/aromatic N) is 3. The Morgan fingerprint density at radius 3 is 2.85 bits per heavy atom. The first kappa shape index (κ1) is 15.9. The van der Waals surface area contributed by atoms with Crippen LogP contribution in [0.1, 0.15) is 40.8 Å². The molecule has 0 spiro atoms. The van der Waals surface area contributed by atoms with Gasteiger partial charge in [-0.2, -0.15) is 0 Å². The third-order valence-electron chi connectivity index (χ3n) is 4.87. The number of benzene rings is 1. The standard InChI is InChI=1S/C19H17N3O5/c1-11-7-17(27-20-11)14-3-2-6-22(14)19(23)13-9-16(26-21-13)12-4-5-15-18(8-12)25-10-24-15/h4-5,7-9,14H,2-3,6,10H2,1H3/t14-/m1/s1. The van der Waals surface area contributed by atoms with Crippen molar-refractivity contribution in [1.29, 1.82) is 0 Å². The van der Waals surface area contributed by atoms with Gasteiger partial charge in [-0.1, -0.05) is 10.3 Å². The lowest BCUT2D eigenvalue weighted by molar-refractivity contribution is 0.0704. The molecule has 138 valence electrons. The van der Waals surface area contributed by atoms with Crippen LogP contribution in [0.4, 0.5) is 0 Å². The van der Waals surface area contributed by atoms with E-state index in [1.54, 1.807) is 11.0 Å². The van der Waals surface area contributed by atoms with Crippen LogP contribution in [-0.2, 0) is 0 Å². The van der Waals surface area contributed by atoms with E-state index in [0.29, 0.717) is 29.6 Å². The van der Waals surface area contributed by atoms with Gasteiger partial charge in [-0.15, -0.1) is 0 Å². The zero-order valence-electron chi connectivity index (χ0n) is 14.7. The minimum atomic E-state index is -0.178. The molecule has 1 saturated heterocycles. The molecule has 2 aromatic heterocycles. The van der Waals surface area contributed by atoms with E-state index in [-0.39, 0.29) is 24.4 Å². The summed E-state index contributed by atoms with van der Waals surface area (Å²) >= 11 is 0. The van der Waals surface area contributed by atoms with Crippen molar-refractivity contribution in [2.75, 3.05) is 13.3 Å². The summed E-state index contributed by atoms with van der Waals surface area (Å²) in [5.41, 5.74) is 1.84. The molecule has 0 saturated carbocycles. The van der Waals surface area contributed by atoms with Crippen molar-refractivity contribution in [3.05, 3.63) is 47.5 Å². The quantitative estimate of drug-likeness (QED) is 0.701. The number of fused-ring (bicyclic) bond motifs is 1. The summed E-state index contributed by atoms with van der Waals surface area (Å²) < 4.78 is 21.5. The monoisotopic (exact) mass is 367 g/mol. The minimum absolute atomic E-state index is 0.121. The maximum absolute atomic E-state index is 13.0. The molecule has 0 unspecified atom stereocenters. The minimum Gasteiger partial charge on any atom is -0.454 e. The number of carbonyl (C=O) groups excluding carboxylic acids is 1. The SMILES string of the molecule is Cc1cc([C@H]2CCCN2C(=O)c2cc(-c3ccc4c(c3)OCO4)on2)on1. The van der Waals surface area contributed by atoms with Crippen molar-refractivity contribution in [2.24, 2.45) is 0 Å². The lowest BCUT2D eigenvalue weighted by atomic mass is 10.1. The van der Waals surface area contributed by atoms with Gasteiger partial charge in [0.25, 0.3) is 5.91 Å². The molecule has 1 atom stereocenters. The molecule has 8 heteroatoms. The molecule has 5 rings (SSSR count). The summed E-state index contributed by atoms with van der Waals surface area (Å²) in [6.45, 7) is 2.72. The Hall–Kier alpha value is -3.29. The number of rotatable bonds is 3. The summed E-state index contributed by atoms with van der Waals surface area (Å²) in [5, 5.41) is 7.91. The van der Waals surface area contributed by atoms with E-state index in [9.17, 15) is 4.79 Å². The van der Waals surface area contributed by atoms with Crippen LogP contribution in [0.2, 0.25) is 0 Å². The predicted octanol–water partition coefficient (Wildman–Crippen LogP) is 3.34. The zero-order chi connectivity index (χ0) is 18.4. The fourth-order valence-electron chi connectivity index (χ4n) is 3.55. The van der Waals surface area contributed by atoms with Gasteiger partial charge in [-0.3, -0.25) is 4.79 Å². The Labute approximate surface area is 154 Å². The lowest BCUT2D eigenvalue weighted by Gasteiger charge is -2.21. The van der Waals surface area contributed by atoms with E-state index in [1.165, 1.54) is 0 Å². The fraction of sp³-hybridized carbons (Fsp3) is 0.316. The highest BCUT2D eigenvalue weighted by atomic mass is 16.7. The van der Waals surface area contributed by atoms with Gasteiger partial charge in [0, 0.05) is 24.2 Å². The first-order chi connectivity index (χ1) is 13.2. The van der Waals surface area contributed by atoms with Crippen LogP contribution in [-0.4, -0.2) is 34.5 Å². The number of likely N-dealkylation sites (tertiary alicyclic amines) is 1. The Bertz CT molecular complexity index is 1010. The van der Waals surface area contributed by atoms with Crippen LogP contribution in [0.25, 0.3) is 11.3 Å². The third kappa shape index (κ3) is 2.73. The van der Waals surface area contributed by atoms with E-state index in [4.69, 9.17) is 18.5 Å². The molecular formula is C19H17N3O5. The second-order valence-electron chi connectivity index (χ2n) is 6.67. The van der Waals surface area contributed by atoms with Gasteiger partial charge in [0.2, 0.25) is 6.79 Å². The highest BCUT2D eigenvalue weighted by molar-refractivity contribution is 5.93. The summed E-state index contributed by atoms with van der Waals surface area (Å²) in [5.74, 6) is 2.37. The largest absolute Gasteiger partial charge is 0.454 e. The number of hydrogen-bond acceptors (Lipinski definition) is 7. The molecule has 0 aliphatic carbocycles.